The quantitative estimate of drug-likeness (QED) is 0.783. The summed E-state index contributed by atoms with van der Waals surface area (Å²) < 4.78 is 40.1. The molecule has 1 atom stereocenters. The summed E-state index contributed by atoms with van der Waals surface area (Å²) in [6.45, 7) is 0.439. The van der Waals surface area contributed by atoms with Crippen LogP contribution in [0.5, 0.6) is 5.75 Å². The summed E-state index contributed by atoms with van der Waals surface area (Å²) in [5.41, 5.74) is 0.406. The molecule has 0 aromatic heterocycles. The maximum absolute atomic E-state index is 12.1. The fraction of sp³-hybridized carbons (Fsp3) is 0.364. The van der Waals surface area contributed by atoms with E-state index >= 15 is 0 Å². The number of carbonyl (C=O) groups excluding carboxylic acids is 1. The van der Waals surface area contributed by atoms with Crippen LogP contribution in [0.3, 0.4) is 0 Å². The summed E-state index contributed by atoms with van der Waals surface area (Å²) in [6.07, 6.45) is -4.39. The fourth-order valence-corrected chi connectivity index (χ4v) is 2.33. The Hall–Kier alpha value is -1.24. The predicted octanol–water partition coefficient (Wildman–Crippen LogP) is 3.09. The number of amides is 1. The van der Waals surface area contributed by atoms with Gasteiger partial charge >= 0.3 is 6.36 Å². The van der Waals surface area contributed by atoms with E-state index < -0.39 is 6.36 Å². The van der Waals surface area contributed by atoms with Gasteiger partial charge in [0.1, 0.15) is 5.75 Å². The van der Waals surface area contributed by atoms with Crippen molar-refractivity contribution in [1.29, 1.82) is 0 Å². The third-order valence-electron chi connectivity index (χ3n) is 2.44. The van der Waals surface area contributed by atoms with E-state index in [2.05, 4.69) is 20.7 Å². The summed E-state index contributed by atoms with van der Waals surface area (Å²) in [6, 6.07) is 5.40. The molecule has 0 spiro atoms. The van der Waals surface area contributed by atoms with Crippen molar-refractivity contribution in [2.24, 2.45) is 0 Å². The van der Waals surface area contributed by atoms with E-state index in [1.807, 2.05) is 0 Å². The Kier molecular flexibility index (Phi) is 3.52. The second-order valence-corrected chi connectivity index (χ2v) is 5.15. The zero-order chi connectivity index (χ0) is 13.3. The number of rotatable bonds is 2. The molecule has 1 saturated heterocycles. The Bertz CT molecular complexity index is 464. The lowest BCUT2D eigenvalue weighted by Gasteiger charge is -2.17. The molecule has 0 radical (unpaired) electrons. The first-order valence-electron chi connectivity index (χ1n) is 5.15. The lowest BCUT2D eigenvalue weighted by Crippen LogP contribution is -2.24. The molecule has 1 aromatic carbocycles. The number of alkyl halides is 4. The Morgan fingerprint density at radius 2 is 2.11 bits per heavy atom. The lowest BCUT2D eigenvalue weighted by molar-refractivity contribution is -0.274. The highest BCUT2D eigenvalue weighted by Gasteiger charge is 2.32. The highest BCUT2D eigenvalue weighted by molar-refractivity contribution is 9.09. The normalized spacial score (nSPS) is 20.3. The van der Waals surface area contributed by atoms with E-state index in [-0.39, 0.29) is 16.5 Å². The van der Waals surface area contributed by atoms with Gasteiger partial charge in [0, 0.05) is 29.5 Å². The van der Waals surface area contributed by atoms with Crippen LogP contribution < -0.4 is 9.64 Å². The van der Waals surface area contributed by atoms with Crippen LogP contribution >= 0.6 is 15.9 Å². The molecule has 1 aromatic rings. The molecule has 0 aliphatic carbocycles. The SMILES string of the molecule is O=C1CC(Br)CN1c1cccc(OC(F)(F)F)c1. The van der Waals surface area contributed by atoms with Gasteiger partial charge < -0.3 is 9.64 Å². The van der Waals surface area contributed by atoms with Crippen molar-refractivity contribution in [3.8, 4) is 5.75 Å². The van der Waals surface area contributed by atoms with Gasteiger partial charge in [-0.3, -0.25) is 4.79 Å². The minimum Gasteiger partial charge on any atom is -0.406 e. The minimum atomic E-state index is -4.73. The molecule has 1 heterocycles. The van der Waals surface area contributed by atoms with E-state index in [4.69, 9.17) is 0 Å². The van der Waals surface area contributed by atoms with Gasteiger partial charge in [-0.05, 0) is 12.1 Å². The standard InChI is InChI=1S/C11H9BrF3NO2/c12-7-4-10(17)16(6-7)8-2-1-3-9(5-8)18-11(13,14)15/h1-3,5,7H,4,6H2. The third kappa shape index (κ3) is 3.16. The maximum Gasteiger partial charge on any atom is 0.573 e. The van der Waals surface area contributed by atoms with E-state index in [9.17, 15) is 18.0 Å². The van der Waals surface area contributed by atoms with E-state index in [1.165, 1.54) is 23.1 Å². The van der Waals surface area contributed by atoms with Crippen molar-refractivity contribution < 1.29 is 22.7 Å². The summed E-state index contributed by atoms with van der Waals surface area (Å²) in [5, 5.41) is 0. The summed E-state index contributed by atoms with van der Waals surface area (Å²) in [4.78, 5) is 13.1. The number of anilines is 1. The van der Waals surface area contributed by atoms with Crippen LogP contribution in [-0.4, -0.2) is 23.6 Å². The molecule has 1 aliphatic rings. The van der Waals surface area contributed by atoms with Gasteiger partial charge in [-0.25, -0.2) is 0 Å². The molecule has 2 rings (SSSR count). The second-order valence-electron chi connectivity index (χ2n) is 3.85. The molecule has 0 saturated carbocycles. The number of hydrogen-bond acceptors (Lipinski definition) is 2. The Balaban J connectivity index is 2.20. The van der Waals surface area contributed by atoms with Crippen LogP contribution in [0.15, 0.2) is 24.3 Å². The molecule has 0 bridgehead atoms. The van der Waals surface area contributed by atoms with Gasteiger partial charge in [0.2, 0.25) is 5.91 Å². The van der Waals surface area contributed by atoms with Crippen LogP contribution in [0.25, 0.3) is 0 Å². The Morgan fingerprint density at radius 1 is 1.39 bits per heavy atom. The zero-order valence-electron chi connectivity index (χ0n) is 9.08. The highest BCUT2D eigenvalue weighted by Crippen LogP contribution is 2.30. The monoisotopic (exact) mass is 323 g/mol. The lowest BCUT2D eigenvalue weighted by atomic mass is 10.3. The van der Waals surface area contributed by atoms with Crippen LogP contribution in [0.2, 0.25) is 0 Å². The molecule has 0 N–H and O–H groups in total. The van der Waals surface area contributed by atoms with Gasteiger partial charge in [0.05, 0.1) is 0 Å². The largest absolute Gasteiger partial charge is 0.573 e. The molecule has 1 amide bonds. The molecule has 98 valence electrons. The molecule has 3 nitrogen and oxygen atoms in total. The van der Waals surface area contributed by atoms with Crippen molar-refractivity contribution >= 4 is 27.5 Å². The van der Waals surface area contributed by atoms with Gasteiger partial charge in [0.15, 0.2) is 0 Å². The first-order valence-corrected chi connectivity index (χ1v) is 6.07. The second kappa shape index (κ2) is 4.79. The van der Waals surface area contributed by atoms with Crippen molar-refractivity contribution in [3.05, 3.63) is 24.3 Å². The highest BCUT2D eigenvalue weighted by atomic mass is 79.9. The molecule has 1 fully saturated rings. The minimum absolute atomic E-state index is 0.0252. The average Bonchev–Trinajstić information content (AvgIpc) is 2.55. The fourth-order valence-electron chi connectivity index (χ4n) is 1.76. The number of benzene rings is 1. The summed E-state index contributed by atoms with van der Waals surface area (Å²) in [5.74, 6) is -0.452. The van der Waals surface area contributed by atoms with Crippen LogP contribution in [0, 0.1) is 0 Å². The Labute approximate surface area is 110 Å². The number of ether oxygens (including phenoxy) is 1. The topological polar surface area (TPSA) is 29.5 Å². The number of nitrogens with zero attached hydrogens (tertiary/aromatic N) is 1. The van der Waals surface area contributed by atoms with Gasteiger partial charge in [-0.15, -0.1) is 13.2 Å². The Morgan fingerprint density at radius 3 is 2.67 bits per heavy atom. The average molecular weight is 324 g/mol. The van der Waals surface area contributed by atoms with Crippen molar-refractivity contribution in [3.63, 3.8) is 0 Å². The van der Waals surface area contributed by atoms with Crippen molar-refractivity contribution in [1.82, 2.24) is 0 Å². The smallest absolute Gasteiger partial charge is 0.406 e. The van der Waals surface area contributed by atoms with E-state index in [1.54, 1.807) is 6.07 Å². The molecule has 1 unspecified atom stereocenters. The van der Waals surface area contributed by atoms with E-state index in [0.717, 1.165) is 0 Å². The number of hydrogen-bond donors (Lipinski definition) is 0. The third-order valence-corrected chi connectivity index (χ3v) is 3.05. The maximum atomic E-state index is 12.1. The van der Waals surface area contributed by atoms with Crippen molar-refractivity contribution in [2.45, 2.75) is 17.6 Å². The van der Waals surface area contributed by atoms with Crippen LogP contribution in [-0.2, 0) is 4.79 Å². The first kappa shape index (κ1) is 13.2. The van der Waals surface area contributed by atoms with Gasteiger partial charge in [-0.1, -0.05) is 22.0 Å². The van der Waals surface area contributed by atoms with Gasteiger partial charge in [-0.2, -0.15) is 0 Å². The molecule has 7 heteroatoms. The van der Waals surface area contributed by atoms with Crippen molar-refractivity contribution in [2.75, 3.05) is 11.4 Å². The molecular formula is C11H9BrF3NO2. The predicted molar refractivity (Wildman–Crippen MR) is 62.8 cm³/mol. The molecular weight excluding hydrogens is 315 g/mol. The zero-order valence-corrected chi connectivity index (χ0v) is 10.7. The van der Waals surface area contributed by atoms with Crippen LogP contribution in [0.4, 0.5) is 18.9 Å². The number of halogens is 4. The summed E-state index contributed by atoms with van der Waals surface area (Å²) >= 11 is 3.31. The van der Waals surface area contributed by atoms with Crippen LogP contribution in [0.1, 0.15) is 6.42 Å². The summed E-state index contributed by atoms with van der Waals surface area (Å²) in [7, 11) is 0. The molecule has 18 heavy (non-hydrogen) atoms. The first-order chi connectivity index (χ1) is 8.35. The molecule has 1 aliphatic heterocycles. The number of carbonyl (C=O) groups is 1. The van der Waals surface area contributed by atoms with Gasteiger partial charge in [0.25, 0.3) is 0 Å². The van der Waals surface area contributed by atoms with E-state index in [0.29, 0.717) is 18.7 Å².